The minimum Gasteiger partial charge on any atom is -0.379 e. The van der Waals surface area contributed by atoms with Gasteiger partial charge in [0, 0.05) is 31.7 Å². The number of rotatable bonds is 6. The lowest BCUT2D eigenvalue weighted by Gasteiger charge is -2.27. The summed E-state index contributed by atoms with van der Waals surface area (Å²) in [7, 11) is -3.69. The summed E-state index contributed by atoms with van der Waals surface area (Å²) in [6.07, 6.45) is 2.14. The molecule has 2 saturated heterocycles. The minimum atomic E-state index is -3.69. The number of morpholine rings is 1. The van der Waals surface area contributed by atoms with E-state index in [9.17, 15) is 13.2 Å². The van der Waals surface area contributed by atoms with Crippen molar-refractivity contribution in [2.45, 2.75) is 17.7 Å². The molecule has 2 aliphatic rings. The van der Waals surface area contributed by atoms with Crippen molar-refractivity contribution in [2.75, 3.05) is 49.6 Å². The Morgan fingerprint density at radius 2 is 1.51 bits per heavy atom. The smallest absolute Gasteiger partial charge is 0.256 e. The Balaban J connectivity index is 1.51. The lowest BCUT2D eigenvalue weighted by atomic mass is 9.99. The van der Waals surface area contributed by atoms with Crippen molar-refractivity contribution in [1.82, 2.24) is 4.31 Å². The Kier molecular flexibility index (Phi) is 6.86. The maximum absolute atomic E-state index is 13.5. The molecule has 0 aromatic heterocycles. The molecule has 0 unspecified atom stereocenters. The largest absolute Gasteiger partial charge is 0.379 e. The highest BCUT2D eigenvalue weighted by Crippen LogP contribution is 2.33. The van der Waals surface area contributed by atoms with E-state index >= 15 is 0 Å². The molecule has 0 bridgehead atoms. The highest BCUT2D eigenvalue weighted by Gasteiger charge is 2.28. The van der Waals surface area contributed by atoms with E-state index in [1.54, 1.807) is 18.2 Å². The highest BCUT2D eigenvalue weighted by atomic mass is 32.2. The number of benzene rings is 3. The lowest BCUT2D eigenvalue weighted by molar-refractivity contribution is 0.0730. The molecule has 3 aromatic carbocycles. The van der Waals surface area contributed by atoms with Crippen molar-refractivity contribution in [1.29, 1.82) is 0 Å². The number of nitrogens with one attached hydrogen (secondary N) is 1. The molecule has 8 heteroatoms. The fraction of sp³-hybridized carbons (Fsp3) is 0.296. The van der Waals surface area contributed by atoms with Crippen molar-refractivity contribution >= 4 is 27.3 Å². The van der Waals surface area contributed by atoms with Gasteiger partial charge in [-0.1, -0.05) is 48.5 Å². The molecule has 2 fully saturated rings. The number of carbonyl (C=O) groups is 1. The summed E-state index contributed by atoms with van der Waals surface area (Å²) in [5.41, 5.74) is 3.66. The fourth-order valence-corrected chi connectivity index (χ4v) is 6.12. The van der Waals surface area contributed by atoms with Crippen LogP contribution in [0.1, 0.15) is 23.2 Å². The van der Waals surface area contributed by atoms with Gasteiger partial charge in [0.15, 0.2) is 0 Å². The van der Waals surface area contributed by atoms with Crippen LogP contribution in [-0.4, -0.2) is 58.0 Å². The first-order valence-electron chi connectivity index (χ1n) is 12.0. The van der Waals surface area contributed by atoms with Crippen LogP contribution < -0.4 is 10.2 Å². The number of nitrogens with zero attached hydrogens (tertiary/aromatic N) is 2. The summed E-state index contributed by atoms with van der Waals surface area (Å²) in [5.74, 6) is -0.272. The molecular formula is C27H29N3O4S. The molecule has 0 saturated carbocycles. The summed E-state index contributed by atoms with van der Waals surface area (Å²) in [6, 6.07) is 22.3. The molecule has 1 amide bonds. The van der Waals surface area contributed by atoms with E-state index in [1.165, 1.54) is 4.31 Å². The highest BCUT2D eigenvalue weighted by molar-refractivity contribution is 7.89. The third-order valence-electron chi connectivity index (χ3n) is 6.53. The number of ether oxygens (including phenoxy) is 1. The average molecular weight is 492 g/mol. The van der Waals surface area contributed by atoms with Crippen LogP contribution in [0.3, 0.4) is 0 Å². The van der Waals surface area contributed by atoms with Crippen LogP contribution in [0.4, 0.5) is 11.4 Å². The zero-order valence-corrected chi connectivity index (χ0v) is 20.3. The van der Waals surface area contributed by atoms with Gasteiger partial charge in [-0.3, -0.25) is 4.79 Å². The maximum Gasteiger partial charge on any atom is 0.256 e. The summed E-state index contributed by atoms with van der Waals surface area (Å²) < 4.78 is 33.4. The van der Waals surface area contributed by atoms with Gasteiger partial charge >= 0.3 is 0 Å². The number of hydrogen-bond acceptors (Lipinski definition) is 5. The van der Waals surface area contributed by atoms with E-state index in [0.29, 0.717) is 37.6 Å². The first-order chi connectivity index (χ1) is 17.0. The summed E-state index contributed by atoms with van der Waals surface area (Å²) in [6.45, 7) is 3.15. The van der Waals surface area contributed by atoms with Gasteiger partial charge in [-0.2, -0.15) is 4.31 Å². The number of amides is 1. The predicted octanol–water partition coefficient (Wildman–Crippen LogP) is 4.23. The van der Waals surface area contributed by atoms with Crippen LogP contribution >= 0.6 is 0 Å². The van der Waals surface area contributed by atoms with Crippen LogP contribution in [0.15, 0.2) is 77.7 Å². The Morgan fingerprint density at radius 3 is 2.26 bits per heavy atom. The molecule has 2 aliphatic heterocycles. The third kappa shape index (κ3) is 4.96. The van der Waals surface area contributed by atoms with Crippen LogP contribution in [0.2, 0.25) is 0 Å². The van der Waals surface area contributed by atoms with E-state index in [-0.39, 0.29) is 10.8 Å². The van der Waals surface area contributed by atoms with Crippen molar-refractivity contribution in [3.8, 4) is 11.1 Å². The monoisotopic (exact) mass is 491 g/mol. The lowest BCUT2D eigenvalue weighted by Crippen LogP contribution is -2.40. The molecule has 0 atom stereocenters. The average Bonchev–Trinajstić information content (AvgIpc) is 3.44. The SMILES string of the molecule is O=C(Nc1cc(S(=O)(=O)N2CCOCC2)ccc1N1CCCC1)c1ccccc1-c1ccccc1. The van der Waals surface area contributed by atoms with Crippen molar-refractivity contribution in [3.05, 3.63) is 78.4 Å². The van der Waals surface area contributed by atoms with Gasteiger partial charge in [-0.05, 0) is 48.2 Å². The molecule has 7 nitrogen and oxygen atoms in total. The number of sulfonamides is 1. The van der Waals surface area contributed by atoms with Gasteiger partial charge in [0.2, 0.25) is 10.0 Å². The van der Waals surface area contributed by atoms with Gasteiger partial charge in [-0.25, -0.2) is 8.42 Å². The first-order valence-corrected chi connectivity index (χ1v) is 13.4. The summed E-state index contributed by atoms with van der Waals surface area (Å²) >= 11 is 0. The second kappa shape index (κ2) is 10.2. The molecule has 35 heavy (non-hydrogen) atoms. The van der Waals surface area contributed by atoms with E-state index < -0.39 is 10.0 Å². The van der Waals surface area contributed by atoms with Crippen LogP contribution in [0, 0.1) is 0 Å². The van der Waals surface area contributed by atoms with Gasteiger partial charge in [-0.15, -0.1) is 0 Å². The number of hydrogen-bond donors (Lipinski definition) is 1. The van der Waals surface area contributed by atoms with Crippen molar-refractivity contribution in [3.63, 3.8) is 0 Å². The molecule has 2 heterocycles. The maximum atomic E-state index is 13.5. The first kappa shape index (κ1) is 23.5. The van der Waals surface area contributed by atoms with Gasteiger partial charge in [0.05, 0.1) is 29.5 Å². The van der Waals surface area contributed by atoms with Gasteiger partial charge in [0.25, 0.3) is 5.91 Å². The zero-order chi connectivity index (χ0) is 24.3. The van der Waals surface area contributed by atoms with Crippen molar-refractivity contribution < 1.29 is 17.9 Å². The molecule has 0 spiro atoms. The zero-order valence-electron chi connectivity index (χ0n) is 19.5. The molecular weight excluding hydrogens is 462 g/mol. The van der Waals surface area contributed by atoms with E-state index in [2.05, 4.69) is 10.2 Å². The fourth-order valence-electron chi connectivity index (χ4n) is 4.69. The summed E-state index contributed by atoms with van der Waals surface area (Å²) in [4.78, 5) is 15.9. The van der Waals surface area contributed by atoms with E-state index in [0.717, 1.165) is 42.7 Å². The molecule has 182 valence electrons. The Hall–Kier alpha value is -3.20. The molecule has 3 aromatic rings. The number of carbonyl (C=O) groups excluding carboxylic acids is 1. The second-order valence-corrected chi connectivity index (χ2v) is 10.7. The molecule has 0 aliphatic carbocycles. The van der Waals surface area contributed by atoms with Crippen molar-refractivity contribution in [2.24, 2.45) is 0 Å². The van der Waals surface area contributed by atoms with Crippen LogP contribution in [0.25, 0.3) is 11.1 Å². The third-order valence-corrected chi connectivity index (χ3v) is 8.42. The van der Waals surface area contributed by atoms with E-state index in [1.807, 2.05) is 54.6 Å². The Morgan fingerprint density at radius 1 is 0.829 bits per heavy atom. The Bertz CT molecular complexity index is 1300. The quantitative estimate of drug-likeness (QED) is 0.558. The molecule has 0 radical (unpaired) electrons. The normalized spacial score (nSPS) is 16.9. The second-order valence-electron chi connectivity index (χ2n) is 8.76. The van der Waals surface area contributed by atoms with Crippen LogP contribution in [-0.2, 0) is 14.8 Å². The van der Waals surface area contributed by atoms with E-state index in [4.69, 9.17) is 4.74 Å². The Labute approximate surface area is 206 Å². The van der Waals surface area contributed by atoms with Gasteiger partial charge in [0.1, 0.15) is 0 Å². The predicted molar refractivity (Wildman–Crippen MR) is 137 cm³/mol. The topological polar surface area (TPSA) is 79.0 Å². The van der Waals surface area contributed by atoms with Gasteiger partial charge < -0.3 is 15.0 Å². The number of anilines is 2. The molecule has 1 N–H and O–H groups in total. The molecule has 5 rings (SSSR count). The standard InChI is InChI=1S/C27H29N3O4S/c31-27(24-11-5-4-10-23(24)21-8-2-1-3-9-21)28-25-20-22(12-13-26(25)29-14-6-7-15-29)35(32,33)30-16-18-34-19-17-30/h1-5,8-13,20H,6-7,14-19H2,(H,28,31). The van der Waals surface area contributed by atoms with Crippen LogP contribution in [0.5, 0.6) is 0 Å². The minimum absolute atomic E-state index is 0.175. The summed E-state index contributed by atoms with van der Waals surface area (Å²) in [5, 5.41) is 3.04.